The van der Waals surface area contributed by atoms with Crippen LogP contribution in [0.3, 0.4) is 0 Å². The van der Waals surface area contributed by atoms with Crippen molar-refractivity contribution in [1.82, 2.24) is 5.32 Å². The van der Waals surface area contributed by atoms with Gasteiger partial charge in [-0.3, -0.25) is 0 Å². The Morgan fingerprint density at radius 1 is 1.27 bits per heavy atom. The molecule has 82 valence electrons. The third-order valence-electron chi connectivity index (χ3n) is 2.63. The second-order valence-electron chi connectivity index (χ2n) is 3.73. The van der Waals surface area contributed by atoms with Crippen LogP contribution >= 0.6 is 0 Å². The molecule has 3 heteroatoms. The van der Waals surface area contributed by atoms with Gasteiger partial charge in [0.15, 0.2) is 11.5 Å². The van der Waals surface area contributed by atoms with E-state index in [1.165, 1.54) is 0 Å². The molecule has 0 unspecified atom stereocenters. The summed E-state index contributed by atoms with van der Waals surface area (Å²) in [6.45, 7) is 2.16. The highest BCUT2D eigenvalue weighted by Gasteiger charge is 2.30. The molecule has 0 spiro atoms. The molecule has 1 aliphatic rings. The van der Waals surface area contributed by atoms with Gasteiger partial charge in [-0.25, -0.2) is 0 Å². The summed E-state index contributed by atoms with van der Waals surface area (Å²) in [5.74, 6) is 1.69. The van der Waals surface area contributed by atoms with Gasteiger partial charge in [-0.1, -0.05) is 25.5 Å². The molecule has 15 heavy (non-hydrogen) atoms. The first-order valence-corrected chi connectivity index (χ1v) is 5.44. The smallest absolute Gasteiger partial charge is 0.256 e. The predicted molar refractivity (Wildman–Crippen MR) is 59.2 cm³/mol. The van der Waals surface area contributed by atoms with E-state index in [2.05, 4.69) is 12.2 Å². The van der Waals surface area contributed by atoms with Gasteiger partial charge < -0.3 is 14.8 Å². The largest absolute Gasteiger partial charge is 0.449 e. The minimum Gasteiger partial charge on any atom is -0.449 e. The Balaban J connectivity index is 2.05. The topological polar surface area (TPSA) is 30.5 Å². The first-order valence-electron chi connectivity index (χ1n) is 5.44. The van der Waals surface area contributed by atoms with Crippen LogP contribution in [0.4, 0.5) is 0 Å². The summed E-state index contributed by atoms with van der Waals surface area (Å²) in [7, 11) is 1.94. The first-order chi connectivity index (χ1) is 7.35. The molecule has 0 saturated carbocycles. The fraction of sp³-hybridized carbons (Fsp3) is 0.500. The molecule has 1 aromatic rings. The van der Waals surface area contributed by atoms with E-state index in [0.29, 0.717) is 0 Å². The standard InChI is InChI=1S/C12H17NO2/c1-3-6-9(13-2)12-14-10-7-4-5-8-11(10)15-12/h4-5,7-9,12-13H,3,6H2,1-2H3/t9-/m1/s1. The first kappa shape index (κ1) is 10.3. The number of hydrogen-bond donors (Lipinski definition) is 1. The van der Waals surface area contributed by atoms with Crippen molar-refractivity contribution in [3.05, 3.63) is 24.3 Å². The Morgan fingerprint density at radius 2 is 1.87 bits per heavy atom. The molecule has 1 N–H and O–H groups in total. The molecular weight excluding hydrogens is 190 g/mol. The van der Waals surface area contributed by atoms with Crippen molar-refractivity contribution >= 4 is 0 Å². The fourth-order valence-corrected chi connectivity index (χ4v) is 1.81. The highest BCUT2D eigenvalue weighted by molar-refractivity contribution is 5.41. The Hall–Kier alpha value is -1.22. The highest BCUT2D eigenvalue weighted by Crippen LogP contribution is 2.35. The fourth-order valence-electron chi connectivity index (χ4n) is 1.81. The van der Waals surface area contributed by atoms with Gasteiger partial charge in [0.25, 0.3) is 6.29 Å². The maximum absolute atomic E-state index is 5.73. The van der Waals surface area contributed by atoms with Crippen molar-refractivity contribution in [2.24, 2.45) is 0 Å². The van der Waals surface area contributed by atoms with E-state index >= 15 is 0 Å². The third-order valence-corrected chi connectivity index (χ3v) is 2.63. The lowest BCUT2D eigenvalue weighted by Gasteiger charge is -2.21. The Morgan fingerprint density at radius 3 is 2.33 bits per heavy atom. The summed E-state index contributed by atoms with van der Waals surface area (Å²) in [5, 5.41) is 3.23. The van der Waals surface area contributed by atoms with Crippen molar-refractivity contribution in [3.8, 4) is 11.5 Å². The zero-order valence-electron chi connectivity index (χ0n) is 9.19. The molecule has 2 rings (SSSR count). The molecule has 0 bridgehead atoms. The van der Waals surface area contributed by atoms with Gasteiger partial charge in [0.2, 0.25) is 0 Å². The van der Waals surface area contributed by atoms with Gasteiger partial charge in [-0.2, -0.15) is 0 Å². The van der Waals surface area contributed by atoms with Crippen LogP contribution in [-0.4, -0.2) is 19.4 Å². The van der Waals surface area contributed by atoms with Gasteiger partial charge >= 0.3 is 0 Å². The molecule has 1 heterocycles. The Kier molecular flexibility index (Phi) is 3.11. The maximum Gasteiger partial charge on any atom is 0.256 e. The van der Waals surface area contributed by atoms with Crippen molar-refractivity contribution in [3.63, 3.8) is 0 Å². The molecular formula is C12H17NO2. The predicted octanol–water partition coefficient (Wildman–Crippen LogP) is 2.17. The zero-order valence-corrected chi connectivity index (χ0v) is 9.19. The van der Waals surface area contributed by atoms with E-state index < -0.39 is 0 Å². The molecule has 3 nitrogen and oxygen atoms in total. The number of ether oxygens (including phenoxy) is 2. The molecule has 0 radical (unpaired) electrons. The number of hydrogen-bond acceptors (Lipinski definition) is 3. The second-order valence-corrected chi connectivity index (χ2v) is 3.73. The monoisotopic (exact) mass is 207 g/mol. The van der Waals surface area contributed by atoms with Crippen molar-refractivity contribution < 1.29 is 9.47 Å². The van der Waals surface area contributed by atoms with Crippen LogP contribution in [0.1, 0.15) is 19.8 Å². The van der Waals surface area contributed by atoms with Crippen LogP contribution < -0.4 is 14.8 Å². The number of benzene rings is 1. The highest BCUT2D eigenvalue weighted by atomic mass is 16.7. The molecule has 0 aliphatic carbocycles. The summed E-state index contributed by atoms with van der Waals surface area (Å²) < 4.78 is 11.5. The van der Waals surface area contributed by atoms with Crippen molar-refractivity contribution in [2.75, 3.05) is 7.05 Å². The summed E-state index contributed by atoms with van der Waals surface area (Å²) in [4.78, 5) is 0. The van der Waals surface area contributed by atoms with Crippen LogP contribution in [0, 0.1) is 0 Å². The average molecular weight is 207 g/mol. The van der Waals surface area contributed by atoms with Crippen LogP contribution in [-0.2, 0) is 0 Å². The van der Waals surface area contributed by atoms with E-state index in [9.17, 15) is 0 Å². The maximum atomic E-state index is 5.73. The minimum absolute atomic E-state index is 0.188. The van der Waals surface area contributed by atoms with Crippen molar-refractivity contribution in [1.29, 1.82) is 0 Å². The summed E-state index contributed by atoms with van der Waals surface area (Å²) in [6.07, 6.45) is 1.98. The molecule has 1 aliphatic heterocycles. The minimum atomic E-state index is -0.188. The number of para-hydroxylation sites is 2. The summed E-state index contributed by atoms with van der Waals surface area (Å²) in [6, 6.07) is 8.04. The van der Waals surface area contributed by atoms with Gasteiger partial charge in [-0.05, 0) is 25.6 Å². The Bertz CT molecular complexity index is 302. The molecule has 1 aromatic carbocycles. The average Bonchev–Trinajstić information content (AvgIpc) is 2.69. The van der Waals surface area contributed by atoms with E-state index in [1.807, 2.05) is 31.3 Å². The second kappa shape index (κ2) is 4.53. The van der Waals surface area contributed by atoms with Crippen molar-refractivity contribution in [2.45, 2.75) is 32.1 Å². The number of likely N-dealkylation sites (N-methyl/N-ethyl adjacent to an activating group) is 1. The SMILES string of the molecule is CCC[C@@H](NC)C1Oc2ccccc2O1. The molecule has 0 fully saturated rings. The quantitative estimate of drug-likeness (QED) is 0.820. The number of fused-ring (bicyclic) bond motifs is 1. The lowest BCUT2D eigenvalue weighted by molar-refractivity contribution is 0.0137. The molecule has 0 saturated heterocycles. The lowest BCUT2D eigenvalue weighted by atomic mass is 10.1. The summed E-state index contributed by atoms with van der Waals surface area (Å²) >= 11 is 0. The van der Waals surface area contributed by atoms with Gasteiger partial charge in [0, 0.05) is 0 Å². The lowest BCUT2D eigenvalue weighted by Crippen LogP contribution is -2.42. The van der Waals surface area contributed by atoms with Crippen LogP contribution in [0.5, 0.6) is 11.5 Å². The van der Waals surface area contributed by atoms with Gasteiger partial charge in [-0.15, -0.1) is 0 Å². The molecule has 1 atom stereocenters. The third kappa shape index (κ3) is 2.07. The molecule has 0 aromatic heterocycles. The van der Waals surface area contributed by atoms with E-state index in [4.69, 9.17) is 9.47 Å². The van der Waals surface area contributed by atoms with E-state index in [0.717, 1.165) is 24.3 Å². The van der Waals surface area contributed by atoms with Crippen LogP contribution in [0.2, 0.25) is 0 Å². The van der Waals surface area contributed by atoms with Gasteiger partial charge in [0.1, 0.15) is 0 Å². The van der Waals surface area contributed by atoms with E-state index in [-0.39, 0.29) is 12.3 Å². The Labute approximate surface area is 90.4 Å². The number of nitrogens with one attached hydrogen (secondary N) is 1. The molecule has 0 amide bonds. The summed E-state index contributed by atoms with van der Waals surface area (Å²) in [5.41, 5.74) is 0. The van der Waals surface area contributed by atoms with Crippen LogP contribution in [0.15, 0.2) is 24.3 Å². The zero-order chi connectivity index (χ0) is 10.7. The normalized spacial score (nSPS) is 16.7. The number of rotatable bonds is 4. The van der Waals surface area contributed by atoms with Gasteiger partial charge in [0.05, 0.1) is 6.04 Å². The van der Waals surface area contributed by atoms with Crippen LogP contribution in [0.25, 0.3) is 0 Å². The van der Waals surface area contributed by atoms with E-state index in [1.54, 1.807) is 0 Å².